The molecule has 0 spiro atoms. The average molecular weight is 339 g/mol. The first-order chi connectivity index (χ1) is 9.51. The van der Waals surface area contributed by atoms with E-state index in [-0.39, 0.29) is 11.3 Å². The molecule has 0 radical (unpaired) electrons. The Morgan fingerprint density at radius 2 is 2.10 bits per heavy atom. The van der Waals surface area contributed by atoms with Gasteiger partial charge in [0.1, 0.15) is 11.6 Å². The maximum atomic E-state index is 13.7. The lowest BCUT2D eigenvalue weighted by Gasteiger charge is -2.10. The molecule has 2 aromatic rings. The lowest BCUT2D eigenvalue weighted by atomic mass is 10.1. The van der Waals surface area contributed by atoms with E-state index in [1.54, 1.807) is 18.2 Å². The molecule has 0 fully saturated rings. The van der Waals surface area contributed by atoms with Crippen LogP contribution in [0.4, 0.5) is 15.8 Å². The first-order valence-corrected chi connectivity index (χ1v) is 6.50. The summed E-state index contributed by atoms with van der Waals surface area (Å²) in [7, 11) is 1.48. The smallest absolute Gasteiger partial charge is 0.255 e. The van der Waals surface area contributed by atoms with Crippen LogP contribution in [0, 0.1) is 5.82 Å². The van der Waals surface area contributed by atoms with Gasteiger partial charge in [-0.1, -0.05) is 6.07 Å². The molecule has 3 N–H and O–H groups in total. The molecule has 0 atom stereocenters. The molecule has 0 heterocycles. The zero-order valence-corrected chi connectivity index (χ0v) is 12.2. The van der Waals surface area contributed by atoms with Gasteiger partial charge in [-0.25, -0.2) is 4.39 Å². The number of carbonyl (C=O) groups is 1. The summed E-state index contributed by atoms with van der Waals surface area (Å²) in [6.45, 7) is 0. The fourth-order valence-electron chi connectivity index (χ4n) is 1.67. The zero-order valence-electron chi connectivity index (χ0n) is 10.6. The second-order valence-corrected chi connectivity index (χ2v) is 4.90. The molecule has 1 amide bonds. The van der Waals surface area contributed by atoms with Gasteiger partial charge in [0.2, 0.25) is 0 Å². The Kier molecular flexibility index (Phi) is 4.24. The highest BCUT2D eigenvalue weighted by Gasteiger charge is 2.13. The number of rotatable bonds is 3. The van der Waals surface area contributed by atoms with E-state index in [4.69, 9.17) is 10.5 Å². The summed E-state index contributed by atoms with van der Waals surface area (Å²) < 4.78 is 19.2. The third kappa shape index (κ3) is 3.08. The van der Waals surface area contributed by atoms with E-state index in [9.17, 15) is 9.18 Å². The molecule has 2 rings (SSSR count). The van der Waals surface area contributed by atoms with E-state index in [1.807, 2.05) is 0 Å². The van der Waals surface area contributed by atoms with Crippen molar-refractivity contribution in [1.82, 2.24) is 0 Å². The predicted octanol–water partition coefficient (Wildman–Crippen LogP) is 3.43. The SMILES string of the molecule is COc1cc(N)cc(C(=O)Nc2c(F)cccc2Br)c1. The number of methoxy groups -OCH3 is 1. The third-order valence-electron chi connectivity index (χ3n) is 2.63. The first-order valence-electron chi connectivity index (χ1n) is 5.71. The molecular formula is C14H12BrFN2O2. The van der Waals surface area contributed by atoms with Crippen LogP contribution in [-0.4, -0.2) is 13.0 Å². The molecule has 104 valence electrons. The summed E-state index contributed by atoms with van der Waals surface area (Å²) >= 11 is 3.19. The summed E-state index contributed by atoms with van der Waals surface area (Å²) in [6.07, 6.45) is 0. The zero-order chi connectivity index (χ0) is 14.7. The lowest BCUT2D eigenvalue weighted by molar-refractivity contribution is 0.102. The minimum absolute atomic E-state index is 0.0823. The van der Waals surface area contributed by atoms with Crippen LogP contribution < -0.4 is 15.8 Å². The maximum absolute atomic E-state index is 13.7. The quantitative estimate of drug-likeness (QED) is 0.842. The molecule has 0 aliphatic carbocycles. The highest BCUT2D eigenvalue weighted by atomic mass is 79.9. The van der Waals surface area contributed by atoms with Crippen molar-refractivity contribution in [2.24, 2.45) is 0 Å². The van der Waals surface area contributed by atoms with Crippen LogP contribution in [-0.2, 0) is 0 Å². The number of nitrogens with two attached hydrogens (primary N) is 1. The molecule has 0 saturated heterocycles. The highest BCUT2D eigenvalue weighted by Crippen LogP contribution is 2.26. The van der Waals surface area contributed by atoms with Crippen molar-refractivity contribution in [3.05, 3.63) is 52.3 Å². The number of halogens is 2. The van der Waals surface area contributed by atoms with E-state index in [0.717, 1.165) is 0 Å². The highest BCUT2D eigenvalue weighted by molar-refractivity contribution is 9.10. The van der Waals surface area contributed by atoms with Crippen LogP contribution in [0.25, 0.3) is 0 Å². The standard InChI is InChI=1S/C14H12BrFN2O2/c1-20-10-6-8(5-9(17)7-10)14(19)18-13-11(15)3-2-4-12(13)16/h2-7H,17H2,1H3,(H,18,19). The van der Waals surface area contributed by atoms with Gasteiger partial charge in [0.25, 0.3) is 5.91 Å². The van der Waals surface area contributed by atoms with E-state index in [2.05, 4.69) is 21.2 Å². The van der Waals surface area contributed by atoms with E-state index in [0.29, 0.717) is 15.9 Å². The van der Waals surface area contributed by atoms with Crippen LogP contribution >= 0.6 is 15.9 Å². The molecule has 6 heteroatoms. The Morgan fingerprint density at radius 3 is 2.75 bits per heavy atom. The number of ether oxygens (including phenoxy) is 1. The molecular weight excluding hydrogens is 327 g/mol. The second-order valence-electron chi connectivity index (χ2n) is 4.05. The number of benzene rings is 2. The van der Waals surface area contributed by atoms with Gasteiger partial charge >= 0.3 is 0 Å². The summed E-state index contributed by atoms with van der Waals surface area (Å²) in [6, 6.07) is 9.06. The van der Waals surface area contributed by atoms with E-state index in [1.165, 1.54) is 25.3 Å². The maximum Gasteiger partial charge on any atom is 0.255 e. The van der Waals surface area contributed by atoms with Crippen LogP contribution in [0.2, 0.25) is 0 Å². The van der Waals surface area contributed by atoms with Crippen molar-refractivity contribution in [2.75, 3.05) is 18.2 Å². The number of anilines is 2. The lowest BCUT2D eigenvalue weighted by Crippen LogP contribution is -2.14. The second kappa shape index (κ2) is 5.92. The van der Waals surface area contributed by atoms with E-state index < -0.39 is 11.7 Å². The number of para-hydroxylation sites is 1. The molecule has 20 heavy (non-hydrogen) atoms. The Morgan fingerprint density at radius 1 is 1.35 bits per heavy atom. The Labute approximate surface area is 123 Å². The molecule has 0 aliphatic heterocycles. The predicted molar refractivity (Wildman–Crippen MR) is 79.5 cm³/mol. The van der Waals surface area contributed by atoms with Crippen LogP contribution in [0.1, 0.15) is 10.4 Å². The van der Waals surface area contributed by atoms with Crippen molar-refractivity contribution >= 4 is 33.2 Å². The summed E-state index contributed by atoms with van der Waals surface area (Å²) in [4.78, 5) is 12.1. The number of amides is 1. The molecule has 4 nitrogen and oxygen atoms in total. The Balaban J connectivity index is 2.31. The monoisotopic (exact) mass is 338 g/mol. The molecule has 0 bridgehead atoms. The molecule has 0 unspecified atom stereocenters. The van der Waals surface area contributed by atoms with Crippen molar-refractivity contribution in [3.8, 4) is 5.75 Å². The fourth-order valence-corrected chi connectivity index (χ4v) is 2.12. The molecule has 0 aliphatic rings. The summed E-state index contributed by atoms with van der Waals surface area (Å²) in [5.74, 6) is -0.534. The van der Waals surface area contributed by atoms with Gasteiger partial charge in [0.05, 0.1) is 12.8 Å². The van der Waals surface area contributed by atoms with Gasteiger partial charge in [-0.15, -0.1) is 0 Å². The molecule has 0 aromatic heterocycles. The Hall–Kier alpha value is -2.08. The van der Waals surface area contributed by atoms with E-state index >= 15 is 0 Å². The van der Waals surface area contributed by atoms with Gasteiger partial charge < -0.3 is 15.8 Å². The van der Waals surface area contributed by atoms with Crippen LogP contribution in [0.15, 0.2) is 40.9 Å². The Bertz CT molecular complexity index is 641. The van der Waals surface area contributed by atoms with Crippen molar-refractivity contribution in [1.29, 1.82) is 0 Å². The number of carbonyl (C=O) groups excluding carboxylic acids is 1. The normalized spacial score (nSPS) is 10.2. The van der Waals surface area contributed by atoms with Crippen molar-refractivity contribution < 1.29 is 13.9 Å². The molecule has 0 saturated carbocycles. The largest absolute Gasteiger partial charge is 0.497 e. The topological polar surface area (TPSA) is 64.3 Å². The van der Waals surface area contributed by atoms with Gasteiger partial charge in [0, 0.05) is 21.8 Å². The fraction of sp³-hybridized carbons (Fsp3) is 0.0714. The number of hydrogen-bond acceptors (Lipinski definition) is 3. The average Bonchev–Trinajstić information content (AvgIpc) is 2.42. The summed E-state index contributed by atoms with van der Waals surface area (Å²) in [5, 5.41) is 2.50. The van der Waals surface area contributed by atoms with Crippen LogP contribution in [0.3, 0.4) is 0 Å². The van der Waals surface area contributed by atoms with Crippen LogP contribution in [0.5, 0.6) is 5.75 Å². The van der Waals surface area contributed by atoms with Crippen molar-refractivity contribution in [2.45, 2.75) is 0 Å². The number of nitrogen functional groups attached to an aromatic ring is 1. The number of hydrogen-bond donors (Lipinski definition) is 2. The van der Waals surface area contributed by atoms with Gasteiger partial charge in [-0.2, -0.15) is 0 Å². The van der Waals surface area contributed by atoms with Crippen molar-refractivity contribution in [3.63, 3.8) is 0 Å². The van der Waals surface area contributed by atoms with Gasteiger partial charge in [-0.3, -0.25) is 4.79 Å². The minimum atomic E-state index is -0.524. The minimum Gasteiger partial charge on any atom is -0.497 e. The number of nitrogens with one attached hydrogen (secondary N) is 1. The van der Waals surface area contributed by atoms with Gasteiger partial charge in [0.15, 0.2) is 0 Å². The third-order valence-corrected chi connectivity index (χ3v) is 3.29. The summed E-state index contributed by atoms with van der Waals surface area (Å²) in [5.41, 5.74) is 6.44. The van der Waals surface area contributed by atoms with Gasteiger partial charge in [-0.05, 0) is 40.2 Å². The first kappa shape index (κ1) is 14.3. The molecule has 2 aromatic carbocycles.